The van der Waals surface area contributed by atoms with Crippen molar-refractivity contribution in [3.63, 3.8) is 0 Å². The van der Waals surface area contributed by atoms with Gasteiger partial charge in [0.1, 0.15) is 0 Å². The SMILES string of the molecule is COc1cc(/C=C2/SC(=O)N(CC3(C)CCCCC3)C2=O)ccc1O. The van der Waals surface area contributed by atoms with Crippen LogP contribution < -0.4 is 4.74 Å². The van der Waals surface area contributed by atoms with Gasteiger partial charge in [-0.3, -0.25) is 14.5 Å². The summed E-state index contributed by atoms with van der Waals surface area (Å²) in [7, 11) is 1.47. The van der Waals surface area contributed by atoms with Gasteiger partial charge < -0.3 is 9.84 Å². The Morgan fingerprint density at radius 2 is 2.00 bits per heavy atom. The number of methoxy groups -OCH3 is 1. The highest BCUT2D eigenvalue weighted by molar-refractivity contribution is 8.18. The molecule has 2 fully saturated rings. The number of amides is 2. The minimum atomic E-state index is -0.228. The van der Waals surface area contributed by atoms with Crippen LogP contribution in [0.15, 0.2) is 23.1 Å². The second-order valence-electron chi connectivity index (χ2n) is 7.07. The average molecular weight is 361 g/mol. The number of imide groups is 1. The number of benzene rings is 1. The number of aromatic hydroxyl groups is 1. The maximum Gasteiger partial charge on any atom is 0.293 e. The van der Waals surface area contributed by atoms with Gasteiger partial charge in [-0.05, 0) is 53.8 Å². The molecule has 1 aromatic carbocycles. The Hall–Kier alpha value is -1.95. The first-order valence-corrected chi connectivity index (χ1v) is 9.36. The molecule has 2 amide bonds. The van der Waals surface area contributed by atoms with Crippen molar-refractivity contribution in [2.24, 2.45) is 5.41 Å². The highest BCUT2D eigenvalue weighted by atomic mass is 32.2. The molecule has 1 aromatic rings. The maximum atomic E-state index is 12.7. The van der Waals surface area contributed by atoms with Crippen molar-refractivity contribution >= 4 is 29.0 Å². The molecule has 0 spiro atoms. The summed E-state index contributed by atoms with van der Waals surface area (Å²) in [6.07, 6.45) is 7.35. The second-order valence-corrected chi connectivity index (χ2v) is 8.06. The monoisotopic (exact) mass is 361 g/mol. The molecule has 5 nitrogen and oxygen atoms in total. The van der Waals surface area contributed by atoms with E-state index in [-0.39, 0.29) is 22.3 Å². The van der Waals surface area contributed by atoms with Crippen molar-refractivity contribution in [2.45, 2.75) is 39.0 Å². The third-order valence-electron chi connectivity index (χ3n) is 4.98. The Bertz CT molecular complexity index is 722. The molecule has 1 aliphatic heterocycles. The maximum absolute atomic E-state index is 12.7. The van der Waals surface area contributed by atoms with E-state index in [0.717, 1.165) is 37.4 Å². The molecule has 3 rings (SSSR count). The van der Waals surface area contributed by atoms with E-state index in [1.165, 1.54) is 24.5 Å². The molecule has 0 aromatic heterocycles. The Kier molecular flexibility index (Phi) is 5.08. The molecule has 0 bridgehead atoms. The van der Waals surface area contributed by atoms with Crippen molar-refractivity contribution in [3.8, 4) is 11.5 Å². The predicted molar refractivity (Wildman–Crippen MR) is 98.5 cm³/mol. The van der Waals surface area contributed by atoms with E-state index < -0.39 is 0 Å². The molecule has 1 saturated carbocycles. The molecule has 6 heteroatoms. The lowest BCUT2D eigenvalue weighted by Gasteiger charge is -2.35. The highest BCUT2D eigenvalue weighted by Crippen LogP contribution is 2.40. The first-order valence-electron chi connectivity index (χ1n) is 8.54. The summed E-state index contributed by atoms with van der Waals surface area (Å²) in [5.74, 6) is 0.148. The number of phenols is 1. The van der Waals surface area contributed by atoms with E-state index in [1.807, 2.05) is 0 Å². The zero-order chi connectivity index (χ0) is 18.0. The molecule has 1 N–H and O–H groups in total. The van der Waals surface area contributed by atoms with Crippen molar-refractivity contribution < 1.29 is 19.4 Å². The lowest BCUT2D eigenvalue weighted by Crippen LogP contribution is -2.39. The van der Waals surface area contributed by atoms with E-state index in [0.29, 0.717) is 22.8 Å². The molecule has 0 unspecified atom stereocenters. The third-order valence-corrected chi connectivity index (χ3v) is 5.88. The number of rotatable bonds is 4. The van der Waals surface area contributed by atoms with Crippen LogP contribution in [0.4, 0.5) is 4.79 Å². The second kappa shape index (κ2) is 7.12. The lowest BCUT2D eigenvalue weighted by atomic mass is 9.75. The highest BCUT2D eigenvalue weighted by Gasteiger charge is 2.40. The van der Waals surface area contributed by atoms with Crippen molar-refractivity contribution in [1.29, 1.82) is 0 Å². The van der Waals surface area contributed by atoms with Gasteiger partial charge in [-0.1, -0.05) is 32.3 Å². The van der Waals surface area contributed by atoms with Crippen molar-refractivity contribution in [2.75, 3.05) is 13.7 Å². The standard InChI is InChI=1S/C19H23NO4S/c1-19(8-4-3-5-9-19)12-20-17(22)16(25-18(20)23)11-13-6-7-14(21)15(10-13)24-2/h6-7,10-11,21H,3-5,8-9,12H2,1-2H3/b16-11+. The van der Waals surface area contributed by atoms with E-state index in [4.69, 9.17) is 4.74 Å². The molecular weight excluding hydrogens is 338 g/mol. The van der Waals surface area contributed by atoms with Crippen LogP contribution in [-0.2, 0) is 4.79 Å². The van der Waals surface area contributed by atoms with Gasteiger partial charge in [0.15, 0.2) is 11.5 Å². The smallest absolute Gasteiger partial charge is 0.293 e. The van der Waals surface area contributed by atoms with E-state index in [1.54, 1.807) is 18.2 Å². The number of ether oxygens (including phenoxy) is 1. The minimum Gasteiger partial charge on any atom is -0.504 e. The normalized spacial score (nSPS) is 21.8. The van der Waals surface area contributed by atoms with Gasteiger partial charge >= 0.3 is 0 Å². The van der Waals surface area contributed by atoms with E-state index >= 15 is 0 Å². The van der Waals surface area contributed by atoms with Crippen LogP contribution in [0, 0.1) is 5.41 Å². The number of carbonyl (C=O) groups excluding carboxylic acids is 2. The fourth-order valence-electron chi connectivity index (χ4n) is 3.52. The summed E-state index contributed by atoms with van der Waals surface area (Å²) in [6.45, 7) is 2.66. The molecule has 1 aliphatic carbocycles. The van der Waals surface area contributed by atoms with Crippen LogP contribution in [0.2, 0.25) is 0 Å². The van der Waals surface area contributed by atoms with Crippen LogP contribution in [0.1, 0.15) is 44.6 Å². The zero-order valence-corrected chi connectivity index (χ0v) is 15.4. The molecular formula is C19H23NO4S. The summed E-state index contributed by atoms with van der Waals surface area (Å²) < 4.78 is 5.08. The van der Waals surface area contributed by atoms with Crippen LogP contribution >= 0.6 is 11.8 Å². The first-order chi connectivity index (χ1) is 11.9. The largest absolute Gasteiger partial charge is 0.504 e. The molecule has 1 saturated heterocycles. The van der Waals surface area contributed by atoms with Crippen LogP contribution in [0.25, 0.3) is 6.08 Å². The molecule has 134 valence electrons. The summed E-state index contributed by atoms with van der Waals surface area (Å²) >= 11 is 0.977. The Morgan fingerprint density at radius 1 is 1.28 bits per heavy atom. The number of carbonyl (C=O) groups is 2. The first kappa shape index (κ1) is 17.9. The lowest BCUT2D eigenvalue weighted by molar-refractivity contribution is -0.124. The van der Waals surface area contributed by atoms with Gasteiger partial charge in [0, 0.05) is 6.54 Å². The fourth-order valence-corrected chi connectivity index (χ4v) is 4.36. The predicted octanol–water partition coefficient (Wildman–Crippen LogP) is 4.41. The number of phenolic OH excluding ortho intramolecular Hbond substituents is 1. The third kappa shape index (κ3) is 3.84. The summed E-state index contributed by atoms with van der Waals surface area (Å²) in [5.41, 5.74) is 0.741. The number of thioether (sulfide) groups is 1. The zero-order valence-electron chi connectivity index (χ0n) is 14.6. The number of hydrogen-bond donors (Lipinski definition) is 1. The van der Waals surface area contributed by atoms with Gasteiger partial charge in [-0.15, -0.1) is 0 Å². The van der Waals surface area contributed by atoms with Crippen LogP contribution in [0.3, 0.4) is 0 Å². The van der Waals surface area contributed by atoms with Gasteiger partial charge in [-0.25, -0.2) is 0 Å². The molecule has 0 radical (unpaired) electrons. The minimum absolute atomic E-state index is 0.0291. The summed E-state index contributed by atoms with van der Waals surface area (Å²) in [5, 5.41) is 9.46. The Labute approximate surface area is 152 Å². The molecule has 2 aliphatic rings. The average Bonchev–Trinajstić information content (AvgIpc) is 2.84. The van der Waals surface area contributed by atoms with Gasteiger partial charge in [-0.2, -0.15) is 0 Å². The van der Waals surface area contributed by atoms with Gasteiger partial charge in [0.2, 0.25) is 0 Å². The molecule has 0 atom stereocenters. The topological polar surface area (TPSA) is 66.8 Å². The summed E-state index contributed by atoms with van der Waals surface area (Å²) in [6, 6.07) is 4.85. The Morgan fingerprint density at radius 3 is 2.68 bits per heavy atom. The quantitative estimate of drug-likeness (QED) is 0.805. The van der Waals surface area contributed by atoms with Gasteiger partial charge in [0.25, 0.3) is 11.1 Å². The van der Waals surface area contributed by atoms with Crippen molar-refractivity contribution in [3.05, 3.63) is 28.7 Å². The van der Waals surface area contributed by atoms with Crippen LogP contribution in [0.5, 0.6) is 11.5 Å². The van der Waals surface area contributed by atoms with Gasteiger partial charge in [0.05, 0.1) is 12.0 Å². The fraction of sp³-hybridized carbons (Fsp3) is 0.474. The van der Waals surface area contributed by atoms with Crippen molar-refractivity contribution in [1.82, 2.24) is 4.90 Å². The Balaban J connectivity index is 1.78. The van der Waals surface area contributed by atoms with E-state index in [9.17, 15) is 14.7 Å². The van der Waals surface area contributed by atoms with E-state index in [2.05, 4.69) is 6.92 Å². The molecule has 25 heavy (non-hydrogen) atoms. The molecule has 1 heterocycles. The summed E-state index contributed by atoms with van der Waals surface area (Å²) in [4.78, 5) is 26.8. The number of nitrogens with zero attached hydrogens (tertiary/aromatic N) is 1. The number of hydrogen-bond acceptors (Lipinski definition) is 5. The van der Waals surface area contributed by atoms with Crippen LogP contribution in [-0.4, -0.2) is 34.8 Å².